The number of hydrogen-bond donors (Lipinski definition) is 1. The Labute approximate surface area is 186 Å². The SMILES string of the molecule is Cc1cc(/C=C2/C(=O)NC(=O)N(c3ccc(F)cc3)C2=O)c(C)n1-c1ccc(Br)cc1. The Kier molecular flexibility index (Phi) is 5.32. The van der Waals surface area contributed by atoms with Gasteiger partial charge in [-0.25, -0.2) is 14.1 Å². The Bertz CT molecular complexity index is 1240. The molecule has 0 unspecified atom stereocenters. The van der Waals surface area contributed by atoms with Crippen LogP contribution in [0.4, 0.5) is 14.9 Å². The molecule has 2 heterocycles. The van der Waals surface area contributed by atoms with E-state index in [0.29, 0.717) is 5.56 Å². The normalized spacial score (nSPS) is 15.5. The lowest BCUT2D eigenvalue weighted by atomic mass is 10.1. The first-order chi connectivity index (χ1) is 14.8. The molecule has 31 heavy (non-hydrogen) atoms. The van der Waals surface area contributed by atoms with Gasteiger partial charge in [0.05, 0.1) is 5.69 Å². The molecule has 2 aromatic carbocycles. The Morgan fingerprint density at radius 3 is 2.19 bits per heavy atom. The van der Waals surface area contributed by atoms with Crippen molar-refractivity contribution in [3.05, 3.63) is 87.4 Å². The monoisotopic (exact) mass is 481 g/mol. The van der Waals surface area contributed by atoms with E-state index in [9.17, 15) is 18.8 Å². The average Bonchev–Trinajstić information content (AvgIpc) is 3.00. The summed E-state index contributed by atoms with van der Waals surface area (Å²) in [5.74, 6) is -2.04. The van der Waals surface area contributed by atoms with E-state index in [1.165, 1.54) is 18.2 Å². The highest BCUT2D eigenvalue weighted by molar-refractivity contribution is 9.10. The zero-order valence-corrected chi connectivity index (χ0v) is 18.2. The number of barbiturate groups is 1. The van der Waals surface area contributed by atoms with Crippen molar-refractivity contribution >= 4 is 45.5 Å². The minimum absolute atomic E-state index is 0.169. The van der Waals surface area contributed by atoms with E-state index in [1.807, 2.05) is 48.7 Å². The van der Waals surface area contributed by atoms with E-state index in [0.717, 1.165) is 38.6 Å². The van der Waals surface area contributed by atoms with E-state index >= 15 is 0 Å². The van der Waals surface area contributed by atoms with Crippen LogP contribution in [0, 0.1) is 19.7 Å². The molecular weight excluding hydrogens is 465 g/mol. The van der Waals surface area contributed by atoms with Crippen molar-refractivity contribution in [2.24, 2.45) is 0 Å². The molecule has 0 radical (unpaired) electrons. The third kappa shape index (κ3) is 3.82. The van der Waals surface area contributed by atoms with Crippen molar-refractivity contribution in [3.8, 4) is 5.69 Å². The quantitative estimate of drug-likeness (QED) is 0.436. The highest BCUT2D eigenvalue weighted by Gasteiger charge is 2.37. The molecule has 1 fully saturated rings. The molecule has 1 N–H and O–H groups in total. The summed E-state index contributed by atoms with van der Waals surface area (Å²) in [5.41, 5.74) is 3.35. The second-order valence-corrected chi connectivity index (χ2v) is 7.99. The van der Waals surface area contributed by atoms with E-state index in [1.54, 1.807) is 0 Å². The Morgan fingerprint density at radius 2 is 1.55 bits per heavy atom. The summed E-state index contributed by atoms with van der Waals surface area (Å²) < 4.78 is 16.2. The van der Waals surface area contributed by atoms with Crippen LogP contribution in [-0.4, -0.2) is 22.4 Å². The number of imide groups is 2. The molecule has 1 saturated heterocycles. The molecule has 1 aromatic heterocycles. The predicted octanol–water partition coefficient (Wildman–Crippen LogP) is 4.66. The van der Waals surface area contributed by atoms with Gasteiger partial charge in [-0.05, 0) is 80.1 Å². The lowest BCUT2D eigenvalue weighted by molar-refractivity contribution is -0.122. The lowest BCUT2D eigenvalue weighted by Gasteiger charge is -2.26. The van der Waals surface area contributed by atoms with E-state index in [4.69, 9.17) is 0 Å². The molecule has 1 aliphatic heterocycles. The number of urea groups is 1. The third-order valence-electron chi connectivity index (χ3n) is 5.04. The van der Waals surface area contributed by atoms with Crippen molar-refractivity contribution in [1.82, 2.24) is 9.88 Å². The van der Waals surface area contributed by atoms with Gasteiger partial charge in [0.15, 0.2) is 0 Å². The van der Waals surface area contributed by atoms with Crippen molar-refractivity contribution in [2.75, 3.05) is 4.90 Å². The smallest absolute Gasteiger partial charge is 0.318 e. The van der Waals surface area contributed by atoms with Crippen molar-refractivity contribution in [3.63, 3.8) is 0 Å². The van der Waals surface area contributed by atoms with E-state index < -0.39 is 23.7 Å². The van der Waals surface area contributed by atoms with Crippen LogP contribution in [0.1, 0.15) is 17.0 Å². The van der Waals surface area contributed by atoms with Gasteiger partial charge < -0.3 is 4.57 Å². The molecule has 4 rings (SSSR count). The van der Waals surface area contributed by atoms with Gasteiger partial charge in [0, 0.05) is 21.5 Å². The molecule has 0 atom stereocenters. The maximum atomic E-state index is 13.2. The van der Waals surface area contributed by atoms with Crippen LogP contribution < -0.4 is 10.2 Å². The van der Waals surface area contributed by atoms with Crippen LogP contribution in [0.25, 0.3) is 11.8 Å². The van der Waals surface area contributed by atoms with Gasteiger partial charge >= 0.3 is 6.03 Å². The summed E-state index contributed by atoms with van der Waals surface area (Å²) in [6.45, 7) is 3.81. The van der Waals surface area contributed by atoms with Gasteiger partial charge in [-0.2, -0.15) is 0 Å². The molecule has 0 aliphatic carbocycles. The summed E-state index contributed by atoms with van der Waals surface area (Å²) >= 11 is 3.42. The van der Waals surface area contributed by atoms with Crippen LogP contribution in [0.15, 0.2) is 64.6 Å². The molecule has 8 heteroatoms. The van der Waals surface area contributed by atoms with E-state index in [2.05, 4.69) is 21.2 Å². The zero-order valence-electron chi connectivity index (χ0n) is 16.6. The van der Waals surface area contributed by atoms with Gasteiger partial charge in [-0.15, -0.1) is 0 Å². The summed E-state index contributed by atoms with van der Waals surface area (Å²) in [4.78, 5) is 38.6. The van der Waals surface area contributed by atoms with Gasteiger partial charge in [-0.1, -0.05) is 15.9 Å². The maximum Gasteiger partial charge on any atom is 0.335 e. The standard InChI is InChI=1S/C23H17BrFN3O3/c1-13-11-15(14(2)27(13)18-7-3-16(24)4-8-18)12-20-21(29)26-23(31)28(22(20)30)19-9-5-17(25)6-10-19/h3-12H,1-2H3,(H,26,29,31)/b20-12-. The molecule has 4 amide bonds. The van der Waals surface area contributed by atoms with E-state index in [-0.39, 0.29) is 11.3 Å². The number of amides is 4. The van der Waals surface area contributed by atoms with Crippen LogP contribution in [0.3, 0.4) is 0 Å². The summed E-state index contributed by atoms with van der Waals surface area (Å²) in [6, 6.07) is 13.6. The van der Waals surface area contributed by atoms with Crippen LogP contribution >= 0.6 is 15.9 Å². The molecule has 0 bridgehead atoms. The van der Waals surface area contributed by atoms with Gasteiger partial charge in [0.1, 0.15) is 11.4 Å². The third-order valence-corrected chi connectivity index (χ3v) is 5.57. The summed E-state index contributed by atoms with van der Waals surface area (Å²) in [5, 5.41) is 2.18. The largest absolute Gasteiger partial charge is 0.335 e. The first-order valence-corrected chi connectivity index (χ1v) is 10.2. The number of carbonyl (C=O) groups excluding carboxylic acids is 3. The minimum Gasteiger partial charge on any atom is -0.318 e. The average molecular weight is 482 g/mol. The second-order valence-electron chi connectivity index (χ2n) is 7.07. The zero-order chi connectivity index (χ0) is 22.3. The minimum atomic E-state index is -0.876. The van der Waals surface area contributed by atoms with Gasteiger partial charge in [-0.3, -0.25) is 14.9 Å². The number of benzene rings is 2. The number of aryl methyl sites for hydroxylation is 1. The number of nitrogens with one attached hydrogen (secondary N) is 1. The predicted molar refractivity (Wildman–Crippen MR) is 118 cm³/mol. The Hall–Kier alpha value is -3.52. The van der Waals surface area contributed by atoms with Crippen LogP contribution in [0.5, 0.6) is 0 Å². The Morgan fingerprint density at radius 1 is 0.935 bits per heavy atom. The van der Waals surface area contributed by atoms with Crippen molar-refractivity contribution in [1.29, 1.82) is 0 Å². The van der Waals surface area contributed by atoms with Crippen LogP contribution in [-0.2, 0) is 9.59 Å². The van der Waals surface area contributed by atoms with Gasteiger partial charge in [0.25, 0.3) is 11.8 Å². The molecular formula is C23H17BrFN3O3. The first-order valence-electron chi connectivity index (χ1n) is 9.38. The highest BCUT2D eigenvalue weighted by Crippen LogP contribution is 2.26. The number of anilines is 1. The highest BCUT2D eigenvalue weighted by atomic mass is 79.9. The number of hydrogen-bond acceptors (Lipinski definition) is 3. The first kappa shape index (κ1) is 20.7. The summed E-state index contributed by atoms with van der Waals surface area (Å²) in [6.07, 6.45) is 1.47. The lowest BCUT2D eigenvalue weighted by Crippen LogP contribution is -2.54. The molecule has 3 aromatic rings. The number of carbonyl (C=O) groups is 3. The molecule has 0 spiro atoms. The molecule has 1 aliphatic rings. The molecule has 156 valence electrons. The maximum absolute atomic E-state index is 13.2. The van der Waals surface area contributed by atoms with Crippen molar-refractivity contribution in [2.45, 2.75) is 13.8 Å². The fraction of sp³-hybridized carbons (Fsp3) is 0.0870. The molecule has 6 nitrogen and oxygen atoms in total. The molecule has 0 saturated carbocycles. The van der Waals surface area contributed by atoms with Crippen molar-refractivity contribution < 1.29 is 18.8 Å². The summed E-state index contributed by atoms with van der Waals surface area (Å²) in [7, 11) is 0. The number of rotatable bonds is 3. The number of nitrogens with zero attached hydrogens (tertiary/aromatic N) is 2. The topological polar surface area (TPSA) is 71.4 Å². The number of halogens is 2. The Balaban J connectivity index is 1.75. The fourth-order valence-electron chi connectivity index (χ4n) is 3.56. The van der Waals surface area contributed by atoms with Crippen LogP contribution in [0.2, 0.25) is 0 Å². The fourth-order valence-corrected chi connectivity index (χ4v) is 3.82. The van der Waals surface area contributed by atoms with Gasteiger partial charge in [0.2, 0.25) is 0 Å². The second kappa shape index (κ2) is 7.96. The number of aromatic nitrogens is 1.